The Kier molecular flexibility index (Phi) is 5.06. The first-order valence-corrected chi connectivity index (χ1v) is 7.67. The zero-order valence-corrected chi connectivity index (χ0v) is 12.6. The number of nitrogens with two attached hydrogens (primary N) is 1. The SMILES string of the molecule is CCCCCN(C)C(CN)c1ccc(C2CC2C)o1. The normalized spacial score (nSPS) is 23.8. The van der Waals surface area contributed by atoms with Crippen molar-refractivity contribution < 1.29 is 4.42 Å². The molecule has 1 saturated carbocycles. The van der Waals surface area contributed by atoms with Crippen LogP contribution in [-0.2, 0) is 0 Å². The monoisotopic (exact) mass is 264 g/mol. The minimum Gasteiger partial charge on any atom is -0.464 e. The van der Waals surface area contributed by atoms with Crippen LogP contribution in [0.2, 0.25) is 0 Å². The Morgan fingerprint density at radius 1 is 1.42 bits per heavy atom. The molecule has 1 aromatic rings. The van der Waals surface area contributed by atoms with E-state index in [2.05, 4.69) is 37.9 Å². The number of nitrogens with zero attached hydrogens (tertiary/aromatic N) is 1. The maximum absolute atomic E-state index is 6.04. The molecule has 0 spiro atoms. The van der Waals surface area contributed by atoms with Crippen molar-refractivity contribution in [3.8, 4) is 0 Å². The first kappa shape index (κ1) is 14.6. The Balaban J connectivity index is 1.94. The summed E-state index contributed by atoms with van der Waals surface area (Å²) in [5, 5.41) is 0. The van der Waals surface area contributed by atoms with E-state index in [1.807, 2.05) is 0 Å². The summed E-state index contributed by atoms with van der Waals surface area (Å²) in [5.74, 6) is 3.63. The molecule has 108 valence electrons. The van der Waals surface area contributed by atoms with Crippen LogP contribution in [0.25, 0.3) is 0 Å². The van der Waals surface area contributed by atoms with E-state index >= 15 is 0 Å². The average Bonchev–Trinajstić information content (AvgIpc) is 2.93. The second-order valence-electron chi connectivity index (χ2n) is 6.00. The fourth-order valence-corrected chi connectivity index (χ4v) is 2.75. The smallest absolute Gasteiger partial charge is 0.122 e. The van der Waals surface area contributed by atoms with Crippen molar-refractivity contribution in [3.63, 3.8) is 0 Å². The van der Waals surface area contributed by atoms with E-state index in [4.69, 9.17) is 10.2 Å². The Bertz CT molecular complexity index is 388. The number of likely N-dealkylation sites (N-methyl/N-ethyl adjacent to an activating group) is 1. The lowest BCUT2D eigenvalue weighted by atomic mass is 10.1. The fraction of sp³-hybridized carbons (Fsp3) is 0.750. The molecule has 3 unspecified atom stereocenters. The molecule has 19 heavy (non-hydrogen) atoms. The van der Waals surface area contributed by atoms with Gasteiger partial charge in [0.15, 0.2) is 0 Å². The van der Waals surface area contributed by atoms with Gasteiger partial charge >= 0.3 is 0 Å². The summed E-state index contributed by atoms with van der Waals surface area (Å²) in [5.41, 5.74) is 5.94. The van der Waals surface area contributed by atoms with Gasteiger partial charge < -0.3 is 10.2 Å². The highest BCUT2D eigenvalue weighted by Crippen LogP contribution is 2.47. The zero-order valence-electron chi connectivity index (χ0n) is 12.6. The summed E-state index contributed by atoms with van der Waals surface area (Å²) in [6.07, 6.45) is 5.04. The predicted octanol–water partition coefficient (Wildman–Crippen LogP) is 3.52. The van der Waals surface area contributed by atoms with Crippen molar-refractivity contribution >= 4 is 0 Å². The highest BCUT2D eigenvalue weighted by Gasteiger charge is 2.37. The number of hydrogen-bond acceptors (Lipinski definition) is 3. The molecule has 1 heterocycles. The van der Waals surface area contributed by atoms with Gasteiger partial charge in [-0.15, -0.1) is 0 Å². The van der Waals surface area contributed by atoms with Crippen LogP contribution < -0.4 is 5.73 Å². The lowest BCUT2D eigenvalue weighted by molar-refractivity contribution is 0.214. The molecule has 0 saturated heterocycles. The molecule has 3 heteroatoms. The molecule has 1 aliphatic carbocycles. The second kappa shape index (κ2) is 6.58. The van der Waals surface area contributed by atoms with E-state index in [0.29, 0.717) is 12.5 Å². The van der Waals surface area contributed by atoms with E-state index in [0.717, 1.165) is 24.0 Å². The Morgan fingerprint density at radius 2 is 2.16 bits per heavy atom. The molecule has 0 bridgehead atoms. The maximum atomic E-state index is 6.04. The summed E-state index contributed by atoms with van der Waals surface area (Å²) in [6.45, 7) is 6.22. The van der Waals surface area contributed by atoms with Crippen LogP contribution in [0.3, 0.4) is 0 Å². The van der Waals surface area contributed by atoms with Gasteiger partial charge in [-0.1, -0.05) is 26.7 Å². The topological polar surface area (TPSA) is 42.4 Å². The summed E-state index contributed by atoms with van der Waals surface area (Å²) in [6, 6.07) is 4.49. The molecule has 1 aromatic heterocycles. The van der Waals surface area contributed by atoms with Gasteiger partial charge in [0.2, 0.25) is 0 Å². The minimum atomic E-state index is 0.222. The van der Waals surface area contributed by atoms with Crippen LogP contribution in [0, 0.1) is 5.92 Å². The summed E-state index contributed by atoms with van der Waals surface area (Å²) < 4.78 is 6.04. The quantitative estimate of drug-likeness (QED) is 0.730. The molecule has 1 fully saturated rings. The number of unbranched alkanes of at least 4 members (excludes halogenated alkanes) is 2. The van der Waals surface area contributed by atoms with Crippen LogP contribution in [0.1, 0.15) is 63.0 Å². The van der Waals surface area contributed by atoms with Gasteiger partial charge in [0, 0.05) is 12.5 Å². The van der Waals surface area contributed by atoms with Crippen LogP contribution in [0.5, 0.6) is 0 Å². The van der Waals surface area contributed by atoms with Crippen molar-refractivity contribution in [2.24, 2.45) is 11.7 Å². The third kappa shape index (κ3) is 3.61. The number of rotatable bonds is 8. The zero-order chi connectivity index (χ0) is 13.8. The molecule has 2 rings (SSSR count). The largest absolute Gasteiger partial charge is 0.464 e. The molecule has 3 nitrogen and oxygen atoms in total. The van der Waals surface area contributed by atoms with Crippen LogP contribution in [0.15, 0.2) is 16.5 Å². The van der Waals surface area contributed by atoms with Gasteiger partial charge in [-0.25, -0.2) is 0 Å². The summed E-state index contributed by atoms with van der Waals surface area (Å²) in [4.78, 5) is 2.33. The lowest BCUT2D eigenvalue weighted by Gasteiger charge is -2.25. The van der Waals surface area contributed by atoms with Crippen LogP contribution >= 0.6 is 0 Å². The van der Waals surface area contributed by atoms with Crippen LogP contribution in [-0.4, -0.2) is 25.0 Å². The maximum Gasteiger partial charge on any atom is 0.122 e. The molecule has 1 aliphatic rings. The standard InChI is InChI=1S/C16H28N2O/c1-4-5-6-9-18(3)14(11-17)16-8-7-15(19-16)13-10-12(13)2/h7-8,12-14H,4-6,9-11,17H2,1-3H3. The van der Waals surface area contributed by atoms with E-state index < -0.39 is 0 Å². The molecule has 0 aliphatic heterocycles. The van der Waals surface area contributed by atoms with E-state index in [1.165, 1.54) is 25.7 Å². The Morgan fingerprint density at radius 3 is 2.74 bits per heavy atom. The molecular weight excluding hydrogens is 236 g/mol. The van der Waals surface area contributed by atoms with E-state index in [9.17, 15) is 0 Å². The number of furan rings is 1. The third-order valence-electron chi connectivity index (χ3n) is 4.32. The lowest BCUT2D eigenvalue weighted by Crippen LogP contribution is -2.31. The second-order valence-corrected chi connectivity index (χ2v) is 6.00. The van der Waals surface area contributed by atoms with Crippen molar-refractivity contribution in [2.75, 3.05) is 20.1 Å². The third-order valence-corrected chi connectivity index (χ3v) is 4.32. The molecule has 3 atom stereocenters. The van der Waals surface area contributed by atoms with Gasteiger partial charge in [-0.2, -0.15) is 0 Å². The highest BCUT2D eigenvalue weighted by molar-refractivity contribution is 5.19. The Hall–Kier alpha value is -0.800. The molecule has 0 radical (unpaired) electrons. The van der Waals surface area contributed by atoms with Crippen molar-refractivity contribution in [3.05, 3.63) is 23.7 Å². The van der Waals surface area contributed by atoms with E-state index in [1.54, 1.807) is 0 Å². The first-order valence-electron chi connectivity index (χ1n) is 7.67. The van der Waals surface area contributed by atoms with Gasteiger partial charge in [0.05, 0.1) is 6.04 Å². The summed E-state index contributed by atoms with van der Waals surface area (Å²) in [7, 11) is 2.15. The predicted molar refractivity (Wildman–Crippen MR) is 79.2 cm³/mol. The average molecular weight is 264 g/mol. The van der Waals surface area contributed by atoms with Crippen molar-refractivity contribution in [1.82, 2.24) is 4.90 Å². The minimum absolute atomic E-state index is 0.222. The van der Waals surface area contributed by atoms with Crippen LogP contribution in [0.4, 0.5) is 0 Å². The highest BCUT2D eigenvalue weighted by atomic mass is 16.3. The van der Waals surface area contributed by atoms with E-state index in [-0.39, 0.29) is 6.04 Å². The fourth-order valence-electron chi connectivity index (χ4n) is 2.75. The van der Waals surface area contributed by atoms with Crippen molar-refractivity contribution in [1.29, 1.82) is 0 Å². The van der Waals surface area contributed by atoms with Gasteiger partial charge in [0.25, 0.3) is 0 Å². The van der Waals surface area contributed by atoms with Crippen molar-refractivity contribution in [2.45, 2.75) is 51.5 Å². The summed E-state index contributed by atoms with van der Waals surface area (Å²) >= 11 is 0. The molecule has 0 aromatic carbocycles. The van der Waals surface area contributed by atoms with Gasteiger partial charge in [-0.05, 0) is 44.5 Å². The number of hydrogen-bond donors (Lipinski definition) is 1. The molecule has 2 N–H and O–H groups in total. The van der Waals surface area contributed by atoms with Gasteiger partial charge in [-0.3, -0.25) is 4.90 Å². The molecular formula is C16H28N2O. The first-order chi connectivity index (χ1) is 9.17. The Labute approximate surface area is 117 Å². The van der Waals surface area contributed by atoms with Gasteiger partial charge in [0.1, 0.15) is 11.5 Å². The molecule has 0 amide bonds.